The molecule has 102 valence electrons. The molecule has 1 aliphatic rings. The van der Waals surface area contributed by atoms with E-state index in [2.05, 4.69) is 0 Å². The second kappa shape index (κ2) is 7.08. The largest absolute Gasteiger partial charge is 1.00 e. The van der Waals surface area contributed by atoms with Gasteiger partial charge in [0.25, 0.3) is 6.33 Å². The van der Waals surface area contributed by atoms with E-state index in [0.29, 0.717) is 6.54 Å². The van der Waals surface area contributed by atoms with Crippen molar-refractivity contribution < 1.29 is 38.1 Å². The van der Waals surface area contributed by atoms with E-state index >= 15 is 0 Å². The standard InChI is InChI=1S/C12H20N3O2.HI/c1-13-6-7-15(10-13)12(16)14(2)9-11-5-3-4-8-17-11;/h6-7,10-11H,3-5,8-9H2,1-2H3;1H/q+1;/p-1. The van der Waals surface area contributed by atoms with Crippen LogP contribution >= 0.6 is 0 Å². The Balaban J connectivity index is 0.00000162. The molecular weight excluding hydrogens is 345 g/mol. The number of rotatable bonds is 2. The molecule has 0 N–H and O–H groups in total. The molecule has 1 aliphatic heterocycles. The minimum atomic E-state index is -0.0141. The monoisotopic (exact) mass is 365 g/mol. The Bertz CT molecular complexity index is 388. The van der Waals surface area contributed by atoms with Crippen LogP contribution in [0.1, 0.15) is 19.3 Å². The minimum absolute atomic E-state index is 0. The fourth-order valence-electron chi connectivity index (χ4n) is 2.10. The van der Waals surface area contributed by atoms with Crippen LogP contribution in [0.4, 0.5) is 4.79 Å². The molecule has 2 rings (SSSR count). The summed E-state index contributed by atoms with van der Waals surface area (Å²) in [6, 6.07) is -0.0141. The summed E-state index contributed by atoms with van der Waals surface area (Å²) in [5.41, 5.74) is 0. The highest BCUT2D eigenvalue weighted by molar-refractivity contribution is 5.76. The first-order chi connectivity index (χ1) is 8.16. The van der Waals surface area contributed by atoms with Gasteiger partial charge < -0.3 is 33.6 Å². The van der Waals surface area contributed by atoms with Gasteiger partial charge in [0.2, 0.25) is 0 Å². The Labute approximate surface area is 125 Å². The third-order valence-electron chi connectivity index (χ3n) is 3.07. The summed E-state index contributed by atoms with van der Waals surface area (Å²) in [6.07, 6.45) is 8.97. The van der Waals surface area contributed by atoms with Crippen molar-refractivity contribution >= 4 is 6.03 Å². The molecule has 1 unspecified atom stereocenters. The Morgan fingerprint density at radius 2 is 2.33 bits per heavy atom. The molecule has 2 heterocycles. The normalized spacial score (nSPS) is 19.1. The first kappa shape index (κ1) is 15.4. The smallest absolute Gasteiger partial charge is 0.415 e. The highest BCUT2D eigenvalue weighted by Crippen LogP contribution is 2.13. The van der Waals surface area contributed by atoms with Crippen molar-refractivity contribution in [3.8, 4) is 0 Å². The first-order valence-corrected chi connectivity index (χ1v) is 6.07. The predicted octanol–water partition coefficient (Wildman–Crippen LogP) is -2.21. The van der Waals surface area contributed by atoms with E-state index in [0.717, 1.165) is 19.4 Å². The van der Waals surface area contributed by atoms with Gasteiger partial charge in [-0.1, -0.05) is 0 Å². The summed E-state index contributed by atoms with van der Waals surface area (Å²) in [5, 5.41) is 0. The molecule has 1 amide bonds. The lowest BCUT2D eigenvalue weighted by Crippen LogP contribution is -3.00. The van der Waals surface area contributed by atoms with Crippen LogP contribution in [0.3, 0.4) is 0 Å². The van der Waals surface area contributed by atoms with Crippen LogP contribution in [-0.2, 0) is 11.8 Å². The van der Waals surface area contributed by atoms with Crippen LogP contribution in [0.25, 0.3) is 0 Å². The lowest BCUT2D eigenvalue weighted by Gasteiger charge is -2.26. The molecule has 0 radical (unpaired) electrons. The quantitative estimate of drug-likeness (QED) is 0.440. The summed E-state index contributed by atoms with van der Waals surface area (Å²) in [6.45, 7) is 1.49. The maximum absolute atomic E-state index is 12.1. The highest BCUT2D eigenvalue weighted by atomic mass is 127. The first-order valence-electron chi connectivity index (χ1n) is 6.07. The molecule has 1 fully saturated rings. The molecular formula is C12H20IN3O2. The second-order valence-corrected chi connectivity index (χ2v) is 4.64. The molecule has 5 nitrogen and oxygen atoms in total. The molecule has 1 aromatic heterocycles. The van der Waals surface area contributed by atoms with Gasteiger partial charge >= 0.3 is 6.03 Å². The second-order valence-electron chi connectivity index (χ2n) is 4.64. The number of likely N-dealkylation sites (N-methyl/N-ethyl adjacent to an activating group) is 1. The number of hydrogen-bond donors (Lipinski definition) is 0. The zero-order valence-corrected chi connectivity index (χ0v) is 13.0. The van der Waals surface area contributed by atoms with Crippen LogP contribution in [-0.4, -0.2) is 41.8 Å². The van der Waals surface area contributed by atoms with Gasteiger partial charge in [-0.25, -0.2) is 9.36 Å². The lowest BCUT2D eigenvalue weighted by atomic mass is 10.1. The fourth-order valence-corrected chi connectivity index (χ4v) is 2.10. The Hall–Kier alpha value is -0.630. The molecule has 6 heteroatoms. The molecule has 0 aromatic carbocycles. The van der Waals surface area contributed by atoms with E-state index in [1.54, 1.807) is 22.0 Å². The van der Waals surface area contributed by atoms with Gasteiger partial charge in [-0.15, -0.1) is 0 Å². The van der Waals surface area contributed by atoms with Gasteiger partial charge in [0.1, 0.15) is 12.4 Å². The number of imidazole rings is 1. The van der Waals surface area contributed by atoms with Gasteiger partial charge in [-0.2, -0.15) is 4.57 Å². The van der Waals surface area contributed by atoms with Gasteiger partial charge in [0, 0.05) is 13.7 Å². The number of amides is 1. The maximum Gasteiger partial charge on any atom is 0.415 e. The Morgan fingerprint density at radius 3 is 2.89 bits per heavy atom. The molecule has 1 aromatic rings. The number of nitrogens with zero attached hydrogens (tertiary/aromatic N) is 3. The average molecular weight is 365 g/mol. The summed E-state index contributed by atoms with van der Waals surface area (Å²) in [4.78, 5) is 13.8. The van der Waals surface area contributed by atoms with E-state index in [4.69, 9.17) is 4.74 Å². The molecule has 0 bridgehead atoms. The van der Waals surface area contributed by atoms with Gasteiger partial charge in [0.15, 0.2) is 0 Å². The molecule has 0 saturated carbocycles. The van der Waals surface area contributed by atoms with E-state index < -0.39 is 0 Å². The van der Waals surface area contributed by atoms with E-state index in [9.17, 15) is 4.79 Å². The minimum Gasteiger partial charge on any atom is -1.00 e. The lowest BCUT2D eigenvalue weighted by molar-refractivity contribution is -0.670. The van der Waals surface area contributed by atoms with Crippen molar-refractivity contribution in [3.63, 3.8) is 0 Å². The van der Waals surface area contributed by atoms with Crippen molar-refractivity contribution in [2.75, 3.05) is 20.2 Å². The molecule has 0 spiro atoms. The van der Waals surface area contributed by atoms with Crippen molar-refractivity contribution in [2.24, 2.45) is 7.05 Å². The third kappa shape index (κ3) is 3.94. The van der Waals surface area contributed by atoms with E-state index in [1.165, 1.54) is 6.42 Å². The van der Waals surface area contributed by atoms with Crippen LogP contribution < -0.4 is 28.5 Å². The van der Waals surface area contributed by atoms with E-state index in [-0.39, 0.29) is 36.1 Å². The summed E-state index contributed by atoms with van der Waals surface area (Å²) < 4.78 is 9.07. The zero-order chi connectivity index (χ0) is 12.3. The summed E-state index contributed by atoms with van der Waals surface area (Å²) in [5.74, 6) is 0. The van der Waals surface area contributed by atoms with Gasteiger partial charge in [-0.05, 0) is 19.3 Å². The number of aromatic nitrogens is 2. The van der Waals surface area contributed by atoms with Crippen LogP contribution in [0.2, 0.25) is 0 Å². The summed E-state index contributed by atoms with van der Waals surface area (Å²) >= 11 is 0. The van der Waals surface area contributed by atoms with Gasteiger partial charge in [-0.3, -0.25) is 0 Å². The average Bonchev–Trinajstić information content (AvgIpc) is 2.76. The Kier molecular flexibility index (Phi) is 6.07. The number of hydrogen-bond acceptors (Lipinski definition) is 2. The predicted molar refractivity (Wildman–Crippen MR) is 62.6 cm³/mol. The van der Waals surface area contributed by atoms with Crippen molar-refractivity contribution in [3.05, 3.63) is 18.7 Å². The number of carbonyl (C=O) groups excluding carboxylic acids is 1. The number of carbonyl (C=O) groups is 1. The molecule has 1 atom stereocenters. The van der Waals surface area contributed by atoms with Gasteiger partial charge in [0.05, 0.1) is 19.7 Å². The topological polar surface area (TPSA) is 38.4 Å². The summed E-state index contributed by atoms with van der Waals surface area (Å²) in [7, 11) is 3.72. The van der Waals surface area contributed by atoms with E-state index in [1.807, 2.05) is 24.9 Å². The molecule has 18 heavy (non-hydrogen) atoms. The van der Waals surface area contributed by atoms with Crippen molar-refractivity contribution in [1.29, 1.82) is 0 Å². The number of aryl methyl sites for hydroxylation is 1. The fraction of sp³-hybridized carbons (Fsp3) is 0.667. The molecule has 1 saturated heterocycles. The highest BCUT2D eigenvalue weighted by Gasteiger charge is 2.22. The number of ether oxygens (including phenoxy) is 1. The van der Waals surface area contributed by atoms with Crippen LogP contribution in [0.15, 0.2) is 18.7 Å². The number of halogens is 1. The van der Waals surface area contributed by atoms with Crippen molar-refractivity contribution in [1.82, 2.24) is 9.47 Å². The third-order valence-corrected chi connectivity index (χ3v) is 3.07. The van der Waals surface area contributed by atoms with Crippen molar-refractivity contribution in [2.45, 2.75) is 25.4 Å². The Morgan fingerprint density at radius 1 is 1.56 bits per heavy atom. The van der Waals surface area contributed by atoms with Crippen LogP contribution in [0.5, 0.6) is 0 Å². The maximum atomic E-state index is 12.1. The van der Waals surface area contributed by atoms with Crippen LogP contribution in [0, 0.1) is 0 Å². The SMILES string of the molecule is CN(CC1CCCCO1)C(=O)n1cc[n+](C)c1.[I-]. The zero-order valence-electron chi connectivity index (χ0n) is 10.9. The molecule has 0 aliphatic carbocycles.